The van der Waals surface area contributed by atoms with Crippen LogP contribution < -0.4 is 10.6 Å². The maximum atomic E-state index is 11.9. The Kier molecular flexibility index (Phi) is 4.81. The molecule has 1 aromatic carbocycles. The third-order valence-corrected chi connectivity index (χ3v) is 3.10. The van der Waals surface area contributed by atoms with E-state index in [0.29, 0.717) is 24.6 Å². The molecule has 2 rings (SSSR count). The van der Waals surface area contributed by atoms with E-state index in [1.807, 2.05) is 45.0 Å². The number of benzene rings is 1. The predicted octanol–water partition coefficient (Wildman–Crippen LogP) is 1.64. The first-order valence-electron chi connectivity index (χ1n) is 6.83. The second-order valence-electron chi connectivity index (χ2n) is 4.85. The Hall–Kier alpha value is -2.50. The summed E-state index contributed by atoms with van der Waals surface area (Å²) in [4.78, 5) is 16.1. The van der Waals surface area contributed by atoms with Crippen LogP contribution in [0.2, 0.25) is 0 Å². The van der Waals surface area contributed by atoms with Crippen LogP contribution in [-0.4, -0.2) is 34.2 Å². The number of carbonyl (C=O) groups is 1. The number of aryl methyl sites for hydroxylation is 3. The molecule has 21 heavy (non-hydrogen) atoms. The fourth-order valence-electron chi connectivity index (χ4n) is 1.69. The molecule has 6 heteroatoms. The van der Waals surface area contributed by atoms with Gasteiger partial charge in [0, 0.05) is 18.7 Å². The highest BCUT2D eigenvalue weighted by Gasteiger charge is 2.04. The number of nitrogens with zero attached hydrogens (tertiary/aromatic N) is 3. The zero-order valence-electron chi connectivity index (χ0n) is 12.5. The van der Waals surface area contributed by atoms with Gasteiger partial charge in [0.25, 0.3) is 5.91 Å². The zero-order valence-corrected chi connectivity index (χ0v) is 12.5. The Bertz CT molecular complexity index is 624. The summed E-state index contributed by atoms with van der Waals surface area (Å²) in [7, 11) is 0. The molecule has 0 bridgehead atoms. The fraction of sp³-hybridized carbons (Fsp3) is 0.333. The van der Waals surface area contributed by atoms with Crippen LogP contribution in [0.25, 0.3) is 0 Å². The quantitative estimate of drug-likeness (QED) is 0.816. The molecule has 0 aliphatic heterocycles. The topological polar surface area (TPSA) is 79.8 Å². The van der Waals surface area contributed by atoms with Crippen molar-refractivity contribution in [2.24, 2.45) is 0 Å². The molecule has 1 amide bonds. The lowest BCUT2D eigenvalue weighted by Gasteiger charge is -2.07. The molecule has 2 aromatic rings. The van der Waals surface area contributed by atoms with Crippen LogP contribution in [-0.2, 0) is 0 Å². The number of anilines is 1. The van der Waals surface area contributed by atoms with Crippen molar-refractivity contribution >= 4 is 11.9 Å². The van der Waals surface area contributed by atoms with Crippen LogP contribution in [0.1, 0.15) is 27.3 Å². The number of hydrogen-bond acceptors (Lipinski definition) is 5. The second-order valence-corrected chi connectivity index (χ2v) is 4.85. The van der Waals surface area contributed by atoms with Crippen LogP contribution in [0.3, 0.4) is 0 Å². The van der Waals surface area contributed by atoms with Crippen LogP contribution in [0.5, 0.6) is 0 Å². The van der Waals surface area contributed by atoms with Crippen molar-refractivity contribution in [3.8, 4) is 0 Å². The van der Waals surface area contributed by atoms with E-state index < -0.39 is 0 Å². The van der Waals surface area contributed by atoms with E-state index >= 15 is 0 Å². The molecule has 0 atom stereocenters. The predicted molar refractivity (Wildman–Crippen MR) is 81.3 cm³/mol. The van der Waals surface area contributed by atoms with Crippen molar-refractivity contribution in [3.05, 3.63) is 46.8 Å². The van der Waals surface area contributed by atoms with E-state index in [9.17, 15) is 4.79 Å². The molecule has 2 N–H and O–H groups in total. The molecule has 1 heterocycles. The van der Waals surface area contributed by atoms with Gasteiger partial charge in [0.2, 0.25) is 5.95 Å². The van der Waals surface area contributed by atoms with Crippen molar-refractivity contribution in [1.29, 1.82) is 0 Å². The minimum Gasteiger partial charge on any atom is -0.351 e. The lowest BCUT2D eigenvalue weighted by molar-refractivity contribution is 0.0955. The molecule has 110 valence electrons. The number of nitrogens with one attached hydrogen (secondary N) is 2. The Morgan fingerprint density at radius 3 is 2.38 bits per heavy atom. The van der Waals surface area contributed by atoms with Crippen molar-refractivity contribution < 1.29 is 4.79 Å². The van der Waals surface area contributed by atoms with Crippen molar-refractivity contribution in [2.75, 3.05) is 18.4 Å². The van der Waals surface area contributed by atoms with Gasteiger partial charge in [-0.3, -0.25) is 4.79 Å². The number of rotatable bonds is 5. The standard InChI is InChI=1S/C15H19N5O/c1-10-4-6-13(7-5-10)14(21)16-8-9-17-15-18-11(2)12(3)19-20-15/h4-7H,8-9H2,1-3H3,(H,16,21)(H,17,18,20). The molecule has 0 saturated heterocycles. The number of amides is 1. The van der Waals surface area contributed by atoms with Crippen LogP contribution >= 0.6 is 0 Å². The van der Waals surface area contributed by atoms with Crippen molar-refractivity contribution in [1.82, 2.24) is 20.5 Å². The highest BCUT2D eigenvalue weighted by atomic mass is 16.1. The molecule has 1 aromatic heterocycles. The minimum absolute atomic E-state index is 0.0871. The summed E-state index contributed by atoms with van der Waals surface area (Å²) < 4.78 is 0. The maximum absolute atomic E-state index is 11.9. The highest BCUT2D eigenvalue weighted by molar-refractivity contribution is 5.94. The minimum atomic E-state index is -0.0871. The van der Waals surface area contributed by atoms with Gasteiger partial charge in [0.05, 0.1) is 11.4 Å². The van der Waals surface area contributed by atoms with Gasteiger partial charge in [-0.05, 0) is 32.9 Å². The smallest absolute Gasteiger partial charge is 0.251 e. The Labute approximate surface area is 124 Å². The van der Waals surface area contributed by atoms with E-state index in [2.05, 4.69) is 25.8 Å². The summed E-state index contributed by atoms with van der Waals surface area (Å²) in [5.74, 6) is 0.388. The van der Waals surface area contributed by atoms with E-state index in [4.69, 9.17) is 0 Å². The highest BCUT2D eigenvalue weighted by Crippen LogP contribution is 2.03. The summed E-state index contributed by atoms with van der Waals surface area (Å²) in [5.41, 5.74) is 3.45. The molecule has 0 aliphatic carbocycles. The SMILES string of the molecule is Cc1ccc(C(=O)NCCNc2nnc(C)c(C)n2)cc1. The third kappa shape index (κ3) is 4.24. The van der Waals surface area contributed by atoms with Gasteiger partial charge in [-0.1, -0.05) is 17.7 Å². The monoisotopic (exact) mass is 285 g/mol. The van der Waals surface area contributed by atoms with E-state index in [-0.39, 0.29) is 5.91 Å². The number of carbonyl (C=O) groups excluding carboxylic acids is 1. The first kappa shape index (κ1) is 14.9. The molecule has 0 unspecified atom stereocenters. The zero-order chi connectivity index (χ0) is 15.2. The number of aromatic nitrogens is 3. The number of hydrogen-bond donors (Lipinski definition) is 2. The third-order valence-electron chi connectivity index (χ3n) is 3.10. The molecule has 0 fully saturated rings. The molecule has 0 radical (unpaired) electrons. The van der Waals surface area contributed by atoms with Gasteiger partial charge in [0.1, 0.15) is 0 Å². The molecular weight excluding hydrogens is 266 g/mol. The molecule has 0 saturated carbocycles. The van der Waals surface area contributed by atoms with Crippen molar-refractivity contribution in [2.45, 2.75) is 20.8 Å². The first-order valence-corrected chi connectivity index (χ1v) is 6.83. The van der Waals surface area contributed by atoms with Crippen LogP contribution in [0, 0.1) is 20.8 Å². The molecule has 0 spiro atoms. The summed E-state index contributed by atoms with van der Waals surface area (Å²) in [5, 5.41) is 13.8. The van der Waals surface area contributed by atoms with Crippen LogP contribution in [0.15, 0.2) is 24.3 Å². The summed E-state index contributed by atoms with van der Waals surface area (Å²) in [6.07, 6.45) is 0. The van der Waals surface area contributed by atoms with Crippen molar-refractivity contribution in [3.63, 3.8) is 0 Å². The second kappa shape index (κ2) is 6.78. The Morgan fingerprint density at radius 1 is 1.00 bits per heavy atom. The Balaban J connectivity index is 1.77. The molecule has 6 nitrogen and oxygen atoms in total. The fourth-order valence-corrected chi connectivity index (χ4v) is 1.69. The average molecular weight is 285 g/mol. The van der Waals surface area contributed by atoms with Gasteiger partial charge >= 0.3 is 0 Å². The van der Waals surface area contributed by atoms with Gasteiger partial charge in [-0.15, -0.1) is 5.10 Å². The van der Waals surface area contributed by atoms with Gasteiger partial charge in [0.15, 0.2) is 0 Å². The maximum Gasteiger partial charge on any atom is 0.251 e. The van der Waals surface area contributed by atoms with E-state index in [0.717, 1.165) is 17.0 Å². The molecule has 0 aliphatic rings. The summed E-state index contributed by atoms with van der Waals surface area (Å²) in [6, 6.07) is 7.46. The molecular formula is C15H19N5O. The Morgan fingerprint density at radius 2 is 1.71 bits per heavy atom. The van der Waals surface area contributed by atoms with Gasteiger partial charge < -0.3 is 10.6 Å². The summed E-state index contributed by atoms with van der Waals surface area (Å²) >= 11 is 0. The largest absolute Gasteiger partial charge is 0.351 e. The lowest BCUT2D eigenvalue weighted by atomic mass is 10.1. The van der Waals surface area contributed by atoms with Crippen LogP contribution in [0.4, 0.5) is 5.95 Å². The van der Waals surface area contributed by atoms with E-state index in [1.54, 1.807) is 0 Å². The van der Waals surface area contributed by atoms with Gasteiger partial charge in [-0.25, -0.2) is 4.98 Å². The summed E-state index contributed by atoms with van der Waals surface area (Å²) in [6.45, 7) is 6.77. The average Bonchev–Trinajstić information content (AvgIpc) is 2.47. The van der Waals surface area contributed by atoms with E-state index in [1.165, 1.54) is 0 Å². The lowest BCUT2D eigenvalue weighted by Crippen LogP contribution is -2.29. The van der Waals surface area contributed by atoms with Gasteiger partial charge in [-0.2, -0.15) is 5.10 Å². The first-order chi connectivity index (χ1) is 10.1. The normalized spacial score (nSPS) is 10.2.